The van der Waals surface area contributed by atoms with Gasteiger partial charge < -0.3 is 4.90 Å². The van der Waals surface area contributed by atoms with Gasteiger partial charge in [-0.3, -0.25) is 14.9 Å². The zero-order chi connectivity index (χ0) is 14.6. The third kappa shape index (κ3) is 3.27. The summed E-state index contributed by atoms with van der Waals surface area (Å²) in [5.74, 6) is -1.20. The lowest BCUT2D eigenvalue weighted by Gasteiger charge is -2.20. The molecule has 0 unspecified atom stereocenters. The molecule has 0 heterocycles. The number of halogens is 1. The van der Waals surface area contributed by atoms with E-state index in [0.29, 0.717) is 13.1 Å². The molecular weight excluding hydrogens is 251 g/mol. The maximum absolute atomic E-state index is 14.0. The largest absolute Gasteiger partial charge is 0.339 e. The minimum absolute atomic E-state index is 0.102. The maximum atomic E-state index is 14.0. The standard InChI is InChI=1S/C13H17FN2O3/c1-4-6-15(5-2)13(17)11-8-10(16(18)19)7-9(3)12(11)14/h7-8H,4-6H2,1-3H3. The van der Waals surface area contributed by atoms with Crippen LogP contribution in [0, 0.1) is 22.9 Å². The topological polar surface area (TPSA) is 63.5 Å². The number of nitro benzene ring substituents is 1. The number of hydrogen-bond donors (Lipinski definition) is 0. The molecule has 0 N–H and O–H groups in total. The Morgan fingerprint density at radius 3 is 2.53 bits per heavy atom. The van der Waals surface area contributed by atoms with Crippen molar-refractivity contribution < 1.29 is 14.1 Å². The summed E-state index contributed by atoms with van der Waals surface area (Å²) in [6, 6.07) is 2.13. The summed E-state index contributed by atoms with van der Waals surface area (Å²) in [7, 11) is 0. The van der Waals surface area contributed by atoms with Crippen molar-refractivity contribution in [3.63, 3.8) is 0 Å². The normalized spacial score (nSPS) is 10.3. The number of aryl methyl sites for hydroxylation is 1. The van der Waals surface area contributed by atoms with Crippen molar-refractivity contribution in [2.75, 3.05) is 13.1 Å². The van der Waals surface area contributed by atoms with Crippen LogP contribution in [0.5, 0.6) is 0 Å². The van der Waals surface area contributed by atoms with Crippen molar-refractivity contribution in [3.05, 3.63) is 39.2 Å². The highest BCUT2D eigenvalue weighted by Gasteiger charge is 2.22. The van der Waals surface area contributed by atoms with Crippen molar-refractivity contribution in [1.29, 1.82) is 0 Å². The highest BCUT2D eigenvalue weighted by Crippen LogP contribution is 2.22. The van der Waals surface area contributed by atoms with Gasteiger partial charge in [-0.05, 0) is 25.8 Å². The Bertz CT molecular complexity index is 503. The fourth-order valence-corrected chi connectivity index (χ4v) is 1.86. The Labute approximate surface area is 111 Å². The van der Waals surface area contributed by atoms with E-state index in [2.05, 4.69) is 0 Å². The molecular formula is C13H17FN2O3. The van der Waals surface area contributed by atoms with E-state index in [0.717, 1.165) is 18.6 Å². The highest BCUT2D eigenvalue weighted by atomic mass is 19.1. The molecule has 6 heteroatoms. The molecule has 1 aromatic carbocycles. The number of rotatable bonds is 5. The van der Waals surface area contributed by atoms with E-state index in [1.807, 2.05) is 6.92 Å². The number of non-ortho nitro benzene ring substituents is 1. The van der Waals surface area contributed by atoms with Crippen LogP contribution in [0.15, 0.2) is 12.1 Å². The van der Waals surface area contributed by atoms with Gasteiger partial charge in [0, 0.05) is 25.2 Å². The molecule has 0 saturated carbocycles. The van der Waals surface area contributed by atoms with Crippen LogP contribution in [0.3, 0.4) is 0 Å². The minimum atomic E-state index is -0.690. The Balaban J connectivity index is 3.25. The zero-order valence-corrected chi connectivity index (χ0v) is 11.3. The second kappa shape index (κ2) is 6.26. The smallest absolute Gasteiger partial charge is 0.270 e. The average Bonchev–Trinajstić information content (AvgIpc) is 2.37. The molecule has 0 aliphatic rings. The molecule has 19 heavy (non-hydrogen) atoms. The first-order chi connectivity index (χ1) is 8.92. The Morgan fingerprint density at radius 2 is 2.05 bits per heavy atom. The van der Waals surface area contributed by atoms with Crippen molar-refractivity contribution in [2.45, 2.75) is 27.2 Å². The zero-order valence-electron chi connectivity index (χ0n) is 11.3. The van der Waals surface area contributed by atoms with Crippen LogP contribution in [0.25, 0.3) is 0 Å². The van der Waals surface area contributed by atoms with Gasteiger partial charge in [0.25, 0.3) is 11.6 Å². The van der Waals surface area contributed by atoms with Crippen LogP contribution in [-0.2, 0) is 0 Å². The highest BCUT2D eigenvalue weighted by molar-refractivity contribution is 5.95. The number of carbonyl (C=O) groups is 1. The maximum Gasteiger partial charge on any atom is 0.270 e. The third-order valence-corrected chi connectivity index (χ3v) is 2.84. The predicted molar refractivity (Wildman–Crippen MR) is 69.7 cm³/mol. The summed E-state index contributed by atoms with van der Waals surface area (Å²) in [6.07, 6.45) is 0.745. The molecule has 1 aromatic rings. The van der Waals surface area contributed by atoms with Crippen LogP contribution >= 0.6 is 0 Å². The fourth-order valence-electron chi connectivity index (χ4n) is 1.86. The summed E-state index contributed by atoms with van der Waals surface area (Å²) in [5, 5.41) is 10.8. The third-order valence-electron chi connectivity index (χ3n) is 2.84. The molecule has 0 radical (unpaired) electrons. The second-order valence-electron chi connectivity index (χ2n) is 4.27. The average molecular weight is 268 g/mol. The van der Waals surface area contributed by atoms with E-state index >= 15 is 0 Å². The van der Waals surface area contributed by atoms with E-state index < -0.39 is 16.6 Å². The molecule has 5 nitrogen and oxygen atoms in total. The van der Waals surface area contributed by atoms with Gasteiger partial charge in [0.1, 0.15) is 5.82 Å². The molecule has 1 amide bonds. The van der Waals surface area contributed by atoms with E-state index in [1.165, 1.54) is 11.8 Å². The van der Waals surface area contributed by atoms with Gasteiger partial charge in [0.2, 0.25) is 0 Å². The van der Waals surface area contributed by atoms with Gasteiger partial charge in [-0.25, -0.2) is 4.39 Å². The number of carbonyl (C=O) groups excluding carboxylic acids is 1. The summed E-state index contributed by atoms with van der Waals surface area (Å²) in [4.78, 5) is 23.8. The van der Waals surface area contributed by atoms with Gasteiger partial charge in [-0.15, -0.1) is 0 Å². The number of nitro groups is 1. The summed E-state index contributed by atoms with van der Waals surface area (Å²) in [6.45, 7) is 6.04. The lowest BCUT2D eigenvalue weighted by molar-refractivity contribution is -0.385. The van der Waals surface area contributed by atoms with Crippen LogP contribution in [0.2, 0.25) is 0 Å². The van der Waals surface area contributed by atoms with E-state index in [1.54, 1.807) is 6.92 Å². The number of hydrogen-bond acceptors (Lipinski definition) is 3. The molecule has 0 saturated heterocycles. The first-order valence-electron chi connectivity index (χ1n) is 6.16. The molecule has 0 fully saturated rings. The fraction of sp³-hybridized carbons (Fsp3) is 0.462. The predicted octanol–water partition coefficient (Wildman–Crippen LogP) is 2.91. The van der Waals surface area contributed by atoms with Crippen molar-refractivity contribution in [1.82, 2.24) is 4.90 Å². The molecule has 0 spiro atoms. The summed E-state index contributed by atoms with van der Waals surface area (Å²) >= 11 is 0. The molecule has 104 valence electrons. The summed E-state index contributed by atoms with van der Waals surface area (Å²) in [5.41, 5.74) is -0.401. The lowest BCUT2D eigenvalue weighted by atomic mass is 10.1. The van der Waals surface area contributed by atoms with E-state index in [4.69, 9.17) is 0 Å². The van der Waals surface area contributed by atoms with Gasteiger partial charge in [0.15, 0.2) is 0 Å². The van der Waals surface area contributed by atoms with Crippen LogP contribution in [0.4, 0.5) is 10.1 Å². The molecule has 0 aliphatic carbocycles. The van der Waals surface area contributed by atoms with Crippen LogP contribution < -0.4 is 0 Å². The summed E-state index contributed by atoms with van der Waals surface area (Å²) < 4.78 is 14.0. The Hall–Kier alpha value is -1.98. The van der Waals surface area contributed by atoms with Crippen molar-refractivity contribution in [3.8, 4) is 0 Å². The molecule has 0 aliphatic heterocycles. The SMILES string of the molecule is CCCN(CC)C(=O)c1cc([N+](=O)[O-])cc(C)c1F. The first kappa shape index (κ1) is 15.1. The van der Waals surface area contributed by atoms with Crippen molar-refractivity contribution >= 4 is 11.6 Å². The van der Waals surface area contributed by atoms with Crippen LogP contribution in [0.1, 0.15) is 36.2 Å². The second-order valence-corrected chi connectivity index (χ2v) is 4.27. The van der Waals surface area contributed by atoms with Gasteiger partial charge in [0.05, 0.1) is 10.5 Å². The number of amides is 1. The van der Waals surface area contributed by atoms with Gasteiger partial charge in [-0.1, -0.05) is 6.92 Å². The van der Waals surface area contributed by atoms with Crippen molar-refractivity contribution in [2.24, 2.45) is 0 Å². The molecule has 0 aromatic heterocycles. The van der Waals surface area contributed by atoms with Gasteiger partial charge in [-0.2, -0.15) is 0 Å². The molecule has 0 bridgehead atoms. The molecule has 0 atom stereocenters. The lowest BCUT2D eigenvalue weighted by Crippen LogP contribution is -2.32. The number of benzene rings is 1. The van der Waals surface area contributed by atoms with Gasteiger partial charge >= 0.3 is 0 Å². The Morgan fingerprint density at radius 1 is 1.42 bits per heavy atom. The minimum Gasteiger partial charge on any atom is -0.339 e. The Kier molecular flexibility index (Phi) is 4.97. The first-order valence-corrected chi connectivity index (χ1v) is 6.16. The van der Waals surface area contributed by atoms with E-state index in [-0.39, 0.29) is 16.8 Å². The molecule has 1 rings (SSSR count). The number of nitrogens with zero attached hydrogens (tertiary/aromatic N) is 2. The van der Waals surface area contributed by atoms with E-state index in [9.17, 15) is 19.3 Å². The van der Waals surface area contributed by atoms with Crippen LogP contribution in [-0.4, -0.2) is 28.8 Å². The monoisotopic (exact) mass is 268 g/mol. The quantitative estimate of drug-likeness (QED) is 0.609.